The number of ether oxygens (including phenoxy) is 2. The second-order valence-electron chi connectivity index (χ2n) is 11.9. The van der Waals surface area contributed by atoms with Crippen LogP contribution >= 0.6 is 15.9 Å². The number of benzene rings is 2. The summed E-state index contributed by atoms with van der Waals surface area (Å²) in [5.74, 6) is -1.23. The minimum atomic E-state index is -3.82. The van der Waals surface area contributed by atoms with Gasteiger partial charge in [0.05, 0.1) is 11.8 Å². The van der Waals surface area contributed by atoms with Gasteiger partial charge in [0.1, 0.15) is 29.0 Å². The minimum absolute atomic E-state index is 0.0809. The molecule has 1 aliphatic heterocycles. The zero-order valence-corrected chi connectivity index (χ0v) is 25.6. The molecule has 3 aliphatic rings. The number of amides is 3. The summed E-state index contributed by atoms with van der Waals surface area (Å²) >= 11 is 3.49. The molecule has 2 saturated carbocycles. The number of nitrogens with zero attached hydrogens (tertiary/aromatic N) is 1. The van der Waals surface area contributed by atoms with Gasteiger partial charge in [0, 0.05) is 22.2 Å². The highest BCUT2D eigenvalue weighted by Gasteiger charge is 2.62. The van der Waals surface area contributed by atoms with Crippen molar-refractivity contribution in [3.8, 4) is 5.75 Å². The Morgan fingerprint density at radius 1 is 1.17 bits per heavy atom. The number of rotatable bonds is 8. The van der Waals surface area contributed by atoms with Gasteiger partial charge in [0.25, 0.3) is 5.91 Å². The lowest BCUT2D eigenvalue weighted by Gasteiger charge is -2.29. The van der Waals surface area contributed by atoms with E-state index in [1.807, 2.05) is 36.4 Å². The quantitative estimate of drug-likeness (QED) is 0.414. The standard InChI is InChI=1S/C29H34BrN3O7S/c1-5-18-15-29(18,26(35)32-41(37,38)21-11-12-21)31-25(34)23-14-20(16-33(23)27(36)40-28(2,3)4)39-24-8-6-7-17-9-10-19(30)13-22(17)24/h5-10,13,18,20-21,23H,1,11-12,14-16H2,2-4H3,(H,31,34)(H,32,35)/t18-,20-,23+,29-/m1/s1. The highest BCUT2D eigenvalue weighted by atomic mass is 79.9. The molecule has 1 saturated heterocycles. The third-order valence-electron chi connectivity index (χ3n) is 7.54. The Kier molecular flexibility index (Phi) is 7.60. The number of hydrogen-bond acceptors (Lipinski definition) is 7. The van der Waals surface area contributed by atoms with Crippen molar-refractivity contribution in [2.75, 3.05) is 6.54 Å². The summed E-state index contributed by atoms with van der Waals surface area (Å²) in [6.45, 7) is 9.01. The van der Waals surface area contributed by atoms with E-state index >= 15 is 0 Å². The molecule has 0 aromatic heterocycles. The molecule has 12 heteroatoms. The number of halogens is 1. The lowest BCUT2D eigenvalue weighted by Crippen LogP contribution is -2.56. The molecule has 2 aliphatic carbocycles. The molecular formula is C29H34BrN3O7S. The van der Waals surface area contributed by atoms with Gasteiger partial charge in [0.2, 0.25) is 15.9 Å². The Labute approximate surface area is 248 Å². The molecule has 220 valence electrons. The molecule has 0 unspecified atom stereocenters. The fourth-order valence-corrected chi connectivity index (χ4v) is 6.90. The number of fused-ring (bicyclic) bond motifs is 1. The number of nitrogens with one attached hydrogen (secondary N) is 2. The summed E-state index contributed by atoms with van der Waals surface area (Å²) in [7, 11) is -3.82. The first-order valence-corrected chi connectivity index (χ1v) is 15.9. The zero-order valence-electron chi connectivity index (χ0n) is 23.2. The molecule has 3 amide bonds. The average molecular weight is 649 g/mol. The number of carbonyl (C=O) groups excluding carboxylic acids is 3. The summed E-state index contributed by atoms with van der Waals surface area (Å²) in [4.78, 5) is 41.4. The molecule has 1 heterocycles. The molecule has 41 heavy (non-hydrogen) atoms. The zero-order chi connectivity index (χ0) is 29.7. The fraction of sp³-hybridized carbons (Fsp3) is 0.483. The van der Waals surface area contributed by atoms with E-state index in [2.05, 4.69) is 32.5 Å². The molecule has 2 aromatic rings. The summed E-state index contributed by atoms with van der Waals surface area (Å²) in [6, 6.07) is 10.5. The number of likely N-dealkylation sites (tertiary alicyclic amines) is 1. The molecule has 5 rings (SSSR count). The van der Waals surface area contributed by atoms with E-state index in [9.17, 15) is 22.8 Å². The van der Waals surface area contributed by atoms with Crippen molar-refractivity contribution in [1.29, 1.82) is 0 Å². The summed E-state index contributed by atoms with van der Waals surface area (Å²) < 4.78 is 39.9. The van der Waals surface area contributed by atoms with Gasteiger partial charge in [-0.05, 0) is 63.6 Å². The predicted molar refractivity (Wildman–Crippen MR) is 157 cm³/mol. The highest BCUT2D eigenvalue weighted by molar-refractivity contribution is 9.10. The Bertz CT molecular complexity index is 1520. The van der Waals surface area contributed by atoms with Crippen molar-refractivity contribution < 1.29 is 32.3 Å². The van der Waals surface area contributed by atoms with Crippen LogP contribution in [0.4, 0.5) is 4.79 Å². The van der Waals surface area contributed by atoms with Crippen LogP contribution in [-0.4, -0.2) is 66.3 Å². The van der Waals surface area contributed by atoms with Crippen LogP contribution in [0.5, 0.6) is 5.75 Å². The van der Waals surface area contributed by atoms with Crippen LogP contribution in [0.3, 0.4) is 0 Å². The number of sulfonamides is 1. The van der Waals surface area contributed by atoms with E-state index in [0.717, 1.165) is 15.2 Å². The Morgan fingerprint density at radius 2 is 1.90 bits per heavy atom. The van der Waals surface area contributed by atoms with Crippen molar-refractivity contribution in [1.82, 2.24) is 14.9 Å². The summed E-state index contributed by atoms with van der Waals surface area (Å²) in [6.07, 6.45) is 1.63. The normalized spacial score (nSPS) is 25.9. The maximum atomic E-state index is 13.7. The van der Waals surface area contributed by atoms with Crippen LogP contribution in [0, 0.1) is 5.92 Å². The SMILES string of the molecule is C=C[C@@H]1C[C@]1(NC(=O)[C@@H]1C[C@@H](Oc2cccc3ccc(Br)cc23)CN1C(=O)OC(C)(C)C)C(=O)NS(=O)(=O)C1CC1. The first-order valence-electron chi connectivity index (χ1n) is 13.6. The van der Waals surface area contributed by atoms with Crippen LogP contribution in [0.15, 0.2) is 53.5 Å². The molecule has 3 fully saturated rings. The molecular weight excluding hydrogens is 614 g/mol. The molecule has 2 aromatic carbocycles. The van der Waals surface area contributed by atoms with E-state index in [0.29, 0.717) is 18.6 Å². The molecule has 10 nitrogen and oxygen atoms in total. The lowest BCUT2D eigenvalue weighted by molar-refractivity contribution is -0.131. The molecule has 0 spiro atoms. The van der Waals surface area contributed by atoms with Gasteiger partial charge in [-0.25, -0.2) is 13.2 Å². The monoisotopic (exact) mass is 647 g/mol. The molecule has 0 bridgehead atoms. The van der Waals surface area contributed by atoms with Crippen LogP contribution < -0.4 is 14.8 Å². The van der Waals surface area contributed by atoms with E-state index in [4.69, 9.17) is 9.47 Å². The first kappa shape index (κ1) is 29.4. The lowest BCUT2D eigenvalue weighted by atomic mass is 10.1. The van der Waals surface area contributed by atoms with Gasteiger partial charge in [-0.3, -0.25) is 19.2 Å². The van der Waals surface area contributed by atoms with E-state index < -0.39 is 62.4 Å². The van der Waals surface area contributed by atoms with Gasteiger partial charge in [0.15, 0.2) is 0 Å². The maximum Gasteiger partial charge on any atom is 0.411 e. The van der Waals surface area contributed by atoms with Crippen molar-refractivity contribution in [3.63, 3.8) is 0 Å². The Hall–Kier alpha value is -3.12. The van der Waals surface area contributed by atoms with Crippen LogP contribution in [0.2, 0.25) is 0 Å². The van der Waals surface area contributed by atoms with Crippen LogP contribution in [0.25, 0.3) is 10.8 Å². The van der Waals surface area contributed by atoms with E-state index in [1.165, 1.54) is 11.0 Å². The molecule has 0 radical (unpaired) electrons. The van der Waals surface area contributed by atoms with Gasteiger partial charge >= 0.3 is 6.09 Å². The first-order chi connectivity index (χ1) is 19.2. The van der Waals surface area contributed by atoms with Crippen molar-refractivity contribution in [2.45, 2.75) is 75.0 Å². The Balaban J connectivity index is 1.38. The van der Waals surface area contributed by atoms with E-state index in [-0.39, 0.29) is 19.4 Å². The van der Waals surface area contributed by atoms with Gasteiger partial charge in [-0.15, -0.1) is 6.58 Å². The van der Waals surface area contributed by atoms with Gasteiger partial charge in [-0.1, -0.05) is 40.2 Å². The predicted octanol–water partition coefficient (Wildman–Crippen LogP) is 4.03. The van der Waals surface area contributed by atoms with Crippen molar-refractivity contribution in [2.24, 2.45) is 5.92 Å². The molecule has 2 N–H and O–H groups in total. The van der Waals surface area contributed by atoms with Crippen molar-refractivity contribution >= 4 is 54.6 Å². The van der Waals surface area contributed by atoms with Gasteiger partial charge < -0.3 is 14.8 Å². The minimum Gasteiger partial charge on any atom is -0.488 e. The number of carbonyl (C=O) groups is 3. The Morgan fingerprint density at radius 3 is 2.54 bits per heavy atom. The highest BCUT2D eigenvalue weighted by Crippen LogP contribution is 2.45. The van der Waals surface area contributed by atoms with Gasteiger partial charge in [-0.2, -0.15) is 0 Å². The third kappa shape index (κ3) is 6.23. The molecule has 4 atom stereocenters. The second kappa shape index (κ2) is 10.6. The second-order valence-corrected chi connectivity index (χ2v) is 14.8. The fourth-order valence-electron chi connectivity index (χ4n) is 5.17. The average Bonchev–Trinajstić information content (AvgIpc) is 3.80. The number of hydrogen-bond donors (Lipinski definition) is 2. The largest absolute Gasteiger partial charge is 0.488 e. The van der Waals surface area contributed by atoms with Crippen LogP contribution in [0.1, 0.15) is 46.5 Å². The summed E-state index contributed by atoms with van der Waals surface area (Å²) in [5, 5.41) is 4.02. The topological polar surface area (TPSA) is 131 Å². The summed E-state index contributed by atoms with van der Waals surface area (Å²) in [5.41, 5.74) is -2.26. The smallest absolute Gasteiger partial charge is 0.411 e. The van der Waals surface area contributed by atoms with Crippen molar-refractivity contribution in [3.05, 3.63) is 53.5 Å². The van der Waals surface area contributed by atoms with Crippen LogP contribution in [-0.2, 0) is 24.3 Å². The maximum absolute atomic E-state index is 13.7. The van der Waals surface area contributed by atoms with E-state index in [1.54, 1.807) is 20.8 Å². The third-order valence-corrected chi connectivity index (χ3v) is 9.85.